The van der Waals surface area contributed by atoms with E-state index in [0.29, 0.717) is 0 Å². The Kier molecular flexibility index (Phi) is 1.63. The molecule has 2 heteroatoms. The molecular formula is C5H8OS. The van der Waals surface area contributed by atoms with E-state index in [1.54, 1.807) is 11.8 Å². The van der Waals surface area contributed by atoms with Crippen molar-refractivity contribution in [1.82, 2.24) is 0 Å². The molecule has 0 saturated carbocycles. The summed E-state index contributed by atoms with van der Waals surface area (Å²) in [6, 6.07) is 0. The highest BCUT2D eigenvalue weighted by Gasteiger charge is 2.00. The summed E-state index contributed by atoms with van der Waals surface area (Å²) in [7, 11) is 0. The molecule has 0 bridgehead atoms. The summed E-state index contributed by atoms with van der Waals surface area (Å²) in [5.41, 5.74) is 0. The minimum Gasteiger partial charge on any atom is -0.489 e. The number of hydrogen-bond acceptors (Lipinski definition) is 2. The highest BCUT2D eigenvalue weighted by atomic mass is 32.2. The van der Waals surface area contributed by atoms with Gasteiger partial charge < -0.3 is 4.74 Å². The summed E-state index contributed by atoms with van der Waals surface area (Å²) in [4.78, 5) is 1.36. The molecule has 0 aromatic rings. The van der Waals surface area contributed by atoms with E-state index in [2.05, 4.69) is 6.92 Å². The van der Waals surface area contributed by atoms with E-state index in [-0.39, 0.29) is 0 Å². The van der Waals surface area contributed by atoms with Crippen LogP contribution in [-0.2, 0) is 4.74 Å². The van der Waals surface area contributed by atoms with Crippen LogP contribution in [0.5, 0.6) is 0 Å². The van der Waals surface area contributed by atoms with Gasteiger partial charge in [0.25, 0.3) is 0 Å². The fraction of sp³-hybridized carbons (Fsp3) is 0.600. The van der Waals surface area contributed by atoms with Gasteiger partial charge in [0, 0.05) is 4.91 Å². The molecule has 0 atom stereocenters. The van der Waals surface area contributed by atoms with E-state index in [0.717, 1.165) is 12.4 Å². The molecule has 1 aliphatic heterocycles. The van der Waals surface area contributed by atoms with Gasteiger partial charge in [-0.05, 0) is 6.42 Å². The van der Waals surface area contributed by atoms with Crippen LogP contribution in [0.4, 0.5) is 0 Å². The van der Waals surface area contributed by atoms with Crippen molar-refractivity contribution >= 4 is 11.8 Å². The summed E-state index contributed by atoms with van der Waals surface area (Å²) in [6.45, 7) is 2.13. The summed E-state index contributed by atoms with van der Waals surface area (Å²) < 4.78 is 4.95. The lowest BCUT2D eigenvalue weighted by atomic mass is 10.5. The Hall–Kier alpha value is -0.110. The van der Waals surface area contributed by atoms with Crippen LogP contribution in [0.25, 0.3) is 0 Å². The average Bonchev–Trinajstić information content (AvgIpc) is 2.14. The van der Waals surface area contributed by atoms with Crippen molar-refractivity contribution in [2.45, 2.75) is 13.3 Å². The highest BCUT2D eigenvalue weighted by Crippen LogP contribution is 2.24. The van der Waals surface area contributed by atoms with Gasteiger partial charge in [0.1, 0.15) is 5.94 Å². The summed E-state index contributed by atoms with van der Waals surface area (Å²) in [5.74, 6) is 0.823. The third-order valence-corrected chi connectivity index (χ3v) is 1.89. The summed E-state index contributed by atoms with van der Waals surface area (Å²) in [6.07, 6.45) is 2.95. The van der Waals surface area contributed by atoms with Crippen LogP contribution in [0.15, 0.2) is 11.2 Å². The van der Waals surface area contributed by atoms with Gasteiger partial charge in [-0.3, -0.25) is 0 Å². The van der Waals surface area contributed by atoms with Crippen molar-refractivity contribution in [3.05, 3.63) is 11.2 Å². The fourth-order valence-corrected chi connectivity index (χ4v) is 1.08. The molecule has 0 aromatic heterocycles. The van der Waals surface area contributed by atoms with E-state index in [4.69, 9.17) is 4.74 Å². The molecule has 0 N–H and O–H groups in total. The number of thioether (sulfide) groups is 1. The molecule has 1 heterocycles. The predicted molar refractivity (Wildman–Crippen MR) is 31.9 cm³/mol. The second kappa shape index (κ2) is 2.26. The zero-order valence-electron chi connectivity index (χ0n) is 4.31. The van der Waals surface area contributed by atoms with Gasteiger partial charge in [-0.1, -0.05) is 18.7 Å². The molecule has 0 saturated heterocycles. The van der Waals surface area contributed by atoms with Crippen LogP contribution in [0.3, 0.4) is 0 Å². The first-order valence-corrected chi connectivity index (χ1v) is 3.35. The van der Waals surface area contributed by atoms with Crippen molar-refractivity contribution in [3.8, 4) is 0 Å². The minimum atomic E-state index is 0.823. The van der Waals surface area contributed by atoms with Crippen molar-refractivity contribution in [3.63, 3.8) is 0 Å². The quantitative estimate of drug-likeness (QED) is 0.518. The Morgan fingerprint density at radius 1 is 2.00 bits per heavy atom. The second-order valence-corrected chi connectivity index (χ2v) is 2.42. The van der Waals surface area contributed by atoms with E-state index < -0.39 is 0 Å². The van der Waals surface area contributed by atoms with Gasteiger partial charge in [-0.25, -0.2) is 0 Å². The average molecular weight is 116 g/mol. The Labute approximate surface area is 47.7 Å². The Morgan fingerprint density at radius 2 is 2.86 bits per heavy atom. The molecule has 1 rings (SSSR count). The van der Waals surface area contributed by atoms with E-state index in [1.165, 1.54) is 4.91 Å². The van der Waals surface area contributed by atoms with Gasteiger partial charge in [-0.2, -0.15) is 0 Å². The summed E-state index contributed by atoms with van der Waals surface area (Å²) >= 11 is 1.78. The van der Waals surface area contributed by atoms with Crippen LogP contribution >= 0.6 is 11.8 Å². The molecule has 40 valence electrons. The van der Waals surface area contributed by atoms with Gasteiger partial charge in [-0.15, -0.1) is 0 Å². The summed E-state index contributed by atoms with van der Waals surface area (Å²) in [5, 5.41) is 0. The monoisotopic (exact) mass is 116 g/mol. The molecule has 0 radical (unpaired) electrons. The third-order valence-electron chi connectivity index (χ3n) is 0.876. The topological polar surface area (TPSA) is 9.23 Å². The smallest absolute Gasteiger partial charge is 0.137 e. The molecular weight excluding hydrogens is 108 g/mol. The Bertz CT molecular complexity index is 88.1. The van der Waals surface area contributed by atoms with Crippen LogP contribution in [0, 0.1) is 0 Å². The molecule has 0 aliphatic carbocycles. The number of ether oxygens (including phenoxy) is 1. The lowest BCUT2D eigenvalue weighted by Crippen LogP contribution is -1.64. The molecule has 7 heavy (non-hydrogen) atoms. The SMILES string of the molecule is CCC1=COCS1. The van der Waals surface area contributed by atoms with Gasteiger partial charge >= 0.3 is 0 Å². The number of hydrogen-bond donors (Lipinski definition) is 0. The van der Waals surface area contributed by atoms with Crippen molar-refractivity contribution < 1.29 is 4.74 Å². The van der Waals surface area contributed by atoms with E-state index in [9.17, 15) is 0 Å². The van der Waals surface area contributed by atoms with Crippen LogP contribution < -0.4 is 0 Å². The fourth-order valence-electron chi connectivity index (χ4n) is 0.456. The zero-order valence-corrected chi connectivity index (χ0v) is 5.12. The third kappa shape index (κ3) is 1.13. The maximum absolute atomic E-state index is 4.95. The molecule has 0 fully saturated rings. The maximum atomic E-state index is 4.95. The molecule has 0 unspecified atom stereocenters. The molecule has 1 aliphatic rings. The highest BCUT2D eigenvalue weighted by molar-refractivity contribution is 8.03. The standard InChI is InChI=1S/C5H8OS/c1-2-5-3-6-4-7-5/h3H,2,4H2,1H3. The van der Waals surface area contributed by atoms with Crippen LogP contribution in [-0.4, -0.2) is 5.94 Å². The van der Waals surface area contributed by atoms with Gasteiger partial charge in [0.2, 0.25) is 0 Å². The first-order valence-electron chi connectivity index (χ1n) is 2.37. The van der Waals surface area contributed by atoms with E-state index >= 15 is 0 Å². The minimum absolute atomic E-state index is 0.823. The zero-order chi connectivity index (χ0) is 5.11. The lowest BCUT2D eigenvalue weighted by Gasteiger charge is -1.84. The molecule has 1 nitrogen and oxygen atoms in total. The normalized spacial score (nSPS) is 18.7. The van der Waals surface area contributed by atoms with Crippen LogP contribution in [0.2, 0.25) is 0 Å². The molecule has 0 amide bonds. The predicted octanol–water partition coefficient (Wildman–Crippen LogP) is 1.96. The largest absolute Gasteiger partial charge is 0.489 e. The Balaban J connectivity index is 2.36. The lowest BCUT2D eigenvalue weighted by molar-refractivity contribution is 0.324. The van der Waals surface area contributed by atoms with Crippen molar-refractivity contribution in [2.24, 2.45) is 0 Å². The van der Waals surface area contributed by atoms with Gasteiger partial charge in [0.15, 0.2) is 0 Å². The van der Waals surface area contributed by atoms with E-state index in [1.807, 2.05) is 6.26 Å². The first-order chi connectivity index (χ1) is 3.43. The Morgan fingerprint density at radius 3 is 3.14 bits per heavy atom. The van der Waals surface area contributed by atoms with Gasteiger partial charge in [0.05, 0.1) is 6.26 Å². The van der Waals surface area contributed by atoms with Crippen molar-refractivity contribution in [2.75, 3.05) is 5.94 Å². The first kappa shape index (κ1) is 5.04. The van der Waals surface area contributed by atoms with Crippen LogP contribution in [0.1, 0.15) is 13.3 Å². The molecule has 0 aromatic carbocycles. The molecule has 0 spiro atoms. The maximum Gasteiger partial charge on any atom is 0.137 e. The second-order valence-electron chi connectivity index (χ2n) is 1.37. The number of allylic oxidation sites excluding steroid dienone is 1. The number of rotatable bonds is 1. The van der Waals surface area contributed by atoms with Crippen molar-refractivity contribution in [1.29, 1.82) is 0 Å².